The molecule has 1 fully saturated rings. The van der Waals surface area contributed by atoms with Crippen LogP contribution in [0.5, 0.6) is 0 Å². The Hall–Kier alpha value is -1.40. The van der Waals surface area contributed by atoms with Crippen LogP contribution in [-0.2, 0) is 16.1 Å². The molecular weight excluding hydrogens is 268 g/mol. The molecule has 0 aliphatic carbocycles. The lowest BCUT2D eigenvalue weighted by molar-refractivity contribution is 0.0295. The van der Waals surface area contributed by atoms with Crippen molar-refractivity contribution in [1.29, 1.82) is 0 Å². The molecule has 0 spiro atoms. The third-order valence-corrected chi connectivity index (χ3v) is 3.62. The SMILES string of the molecule is CCNc1cc(N2CC(C)OCC2CC)nc(COC)n1. The summed E-state index contributed by atoms with van der Waals surface area (Å²) in [5.41, 5.74) is 0. The molecule has 2 atom stereocenters. The van der Waals surface area contributed by atoms with Gasteiger partial charge in [0, 0.05) is 26.3 Å². The standard InChI is InChI=1S/C15H26N4O2/c1-5-12-9-21-11(3)8-19(12)15-7-13(16-6-2)17-14(18-15)10-20-4/h7,11-12H,5-6,8-10H2,1-4H3,(H,16,17,18). The molecule has 2 unspecified atom stereocenters. The molecule has 0 bridgehead atoms. The van der Waals surface area contributed by atoms with Crippen LogP contribution in [0.1, 0.15) is 33.0 Å². The molecule has 1 aromatic heterocycles. The Bertz CT molecular complexity index is 431. The smallest absolute Gasteiger partial charge is 0.158 e. The van der Waals surface area contributed by atoms with Crippen LogP contribution in [0, 0.1) is 0 Å². The van der Waals surface area contributed by atoms with E-state index in [1.165, 1.54) is 0 Å². The lowest BCUT2D eigenvalue weighted by atomic mass is 10.1. The number of anilines is 2. The van der Waals surface area contributed by atoms with E-state index in [4.69, 9.17) is 9.47 Å². The summed E-state index contributed by atoms with van der Waals surface area (Å²) < 4.78 is 10.9. The van der Waals surface area contributed by atoms with Crippen molar-refractivity contribution in [3.8, 4) is 0 Å². The van der Waals surface area contributed by atoms with Gasteiger partial charge in [-0.25, -0.2) is 9.97 Å². The number of methoxy groups -OCH3 is 1. The van der Waals surface area contributed by atoms with Crippen molar-refractivity contribution >= 4 is 11.6 Å². The number of nitrogens with one attached hydrogen (secondary N) is 1. The zero-order chi connectivity index (χ0) is 15.2. The summed E-state index contributed by atoms with van der Waals surface area (Å²) in [5, 5.41) is 3.27. The fourth-order valence-electron chi connectivity index (χ4n) is 2.56. The molecule has 2 heterocycles. The number of nitrogens with zero attached hydrogens (tertiary/aromatic N) is 3. The third kappa shape index (κ3) is 4.04. The predicted molar refractivity (Wildman–Crippen MR) is 83.7 cm³/mol. The Kier molecular flexibility index (Phi) is 5.76. The summed E-state index contributed by atoms with van der Waals surface area (Å²) in [5.74, 6) is 2.51. The molecule has 1 saturated heterocycles. The lowest BCUT2D eigenvalue weighted by Gasteiger charge is -2.39. The van der Waals surface area contributed by atoms with Crippen LogP contribution < -0.4 is 10.2 Å². The molecule has 0 aromatic carbocycles. The van der Waals surface area contributed by atoms with E-state index >= 15 is 0 Å². The average molecular weight is 294 g/mol. The highest BCUT2D eigenvalue weighted by molar-refractivity contribution is 5.50. The summed E-state index contributed by atoms with van der Waals surface area (Å²) >= 11 is 0. The zero-order valence-electron chi connectivity index (χ0n) is 13.4. The van der Waals surface area contributed by atoms with Crippen molar-refractivity contribution in [1.82, 2.24) is 9.97 Å². The van der Waals surface area contributed by atoms with Crippen LogP contribution in [0.4, 0.5) is 11.6 Å². The number of morpholine rings is 1. The molecule has 1 aromatic rings. The normalized spacial score (nSPS) is 22.4. The van der Waals surface area contributed by atoms with Crippen LogP contribution >= 0.6 is 0 Å². The summed E-state index contributed by atoms with van der Waals surface area (Å²) in [4.78, 5) is 11.5. The van der Waals surface area contributed by atoms with Crippen molar-refractivity contribution in [3.63, 3.8) is 0 Å². The number of ether oxygens (including phenoxy) is 2. The van der Waals surface area contributed by atoms with Gasteiger partial charge in [0.25, 0.3) is 0 Å². The molecule has 0 radical (unpaired) electrons. The van der Waals surface area contributed by atoms with Gasteiger partial charge in [0.2, 0.25) is 0 Å². The van der Waals surface area contributed by atoms with Crippen LogP contribution in [0.15, 0.2) is 6.07 Å². The maximum atomic E-state index is 5.76. The molecule has 1 aliphatic heterocycles. The maximum absolute atomic E-state index is 5.76. The monoisotopic (exact) mass is 294 g/mol. The van der Waals surface area contributed by atoms with Crippen molar-refractivity contribution in [2.45, 2.75) is 45.9 Å². The fraction of sp³-hybridized carbons (Fsp3) is 0.733. The molecule has 1 N–H and O–H groups in total. The minimum atomic E-state index is 0.219. The van der Waals surface area contributed by atoms with E-state index in [0.29, 0.717) is 18.5 Å². The minimum Gasteiger partial charge on any atom is -0.377 e. The van der Waals surface area contributed by atoms with Crippen LogP contribution in [0.25, 0.3) is 0 Å². The number of rotatable bonds is 6. The Labute approximate surface area is 126 Å². The van der Waals surface area contributed by atoms with Gasteiger partial charge in [-0.3, -0.25) is 0 Å². The Balaban J connectivity index is 2.30. The highest BCUT2D eigenvalue weighted by Crippen LogP contribution is 2.24. The number of hydrogen-bond donors (Lipinski definition) is 1. The van der Waals surface area contributed by atoms with Gasteiger partial charge in [-0.1, -0.05) is 6.92 Å². The molecule has 6 nitrogen and oxygen atoms in total. The molecule has 21 heavy (non-hydrogen) atoms. The van der Waals surface area contributed by atoms with E-state index in [1.807, 2.05) is 6.07 Å². The summed E-state index contributed by atoms with van der Waals surface area (Å²) in [7, 11) is 1.66. The van der Waals surface area contributed by atoms with E-state index in [-0.39, 0.29) is 6.10 Å². The van der Waals surface area contributed by atoms with E-state index < -0.39 is 0 Å². The fourth-order valence-corrected chi connectivity index (χ4v) is 2.56. The summed E-state index contributed by atoms with van der Waals surface area (Å²) in [6, 6.07) is 2.38. The Morgan fingerprint density at radius 2 is 2.24 bits per heavy atom. The van der Waals surface area contributed by atoms with Crippen LogP contribution in [-0.4, -0.2) is 48.9 Å². The predicted octanol–water partition coefficient (Wildman–Crippen LogP) is 2.06. The molecule has 118 valence electrons. The first-order valence-electron chi connectivity index (χ1n) is 7.66. The molecule has 6 heteroatoms. The van der Waals surface area contributed by atoms with E-state index in [0.717, 1.165) is 37.8 Å². The van der Waals surface area contributed by atoms with Gasteiger partial charge in [0.1, 0.15) is 18.2 Å². The Morgan fingerprint density at radius 3 is 2.90 bits per heavy atom. The van der Waals surface area contributed by atoms with Gasteiger partial charge in [-0.2, -0.15) is 0 Å². The largest absolute Gasteiger partial charge is 0.377 e. The average Bonchev–Trinajstić information content (AvgIpc) is 2.47. The zero-order valence-corrected chi connectivity index (χ0v) is 13.4. The van der Waals surface area contributed by atoms with Crippen LogP contribution in [0.2, 0.25) is 0 Å². The topological polar surface area (TPSA) is 59.5 Å². The number of aromatic nitrogens is 2. The minimum absolute atomic E-state index is 0.219. The van der Waals surface area contributed by atoms with Gasteiger partial charge in [-0.05, 0) is 20.3 Å². The lowest BCUT2D eigenvalue weighted by Crippen LogP contribution is -2.49. The van der Waals surface area contributed by atoms with Crippen molar-refractivity contribution < 1.29 is 9.47 Å². The van der Waals surface area contributed by atoms with Gasteiger partial charge in [0.15, 0.2) is 5.82 Å². The Morgan fingerprint density at radius 1 is 1.43 bits per heavy atom. The van der Waals surface area contributed by atoms with Gasteiger partial charge in [-0.15, -0.1) is 0 Å². The highest BCUT2D eigenvalue weighted by Gasteiger charge is 2.27. The molecular formula is C15H26N4O2. The first-order valence-corrected chi connectivity index (χ1v) is 7.66. The molecule has 0 amide bonds. The van der Waals surface area contributed by atoms with Gasteiger partial charge >= 0.3 is 0 Å². The third-order valence-electron chi connectivity index (χ3n) is 3.62. The second-order valence-corrected chi connectivity index (χ2v) is 5.35. The van der Waals surface area contributed by atoms with Crippen molar-refractivity contribution in [3.05, 3.63) is 11.9 Å². The number of hydrogen-bond acceptors (Lipinski definition) is 6. The van der Waals surface area contributed by atoms with Crippen molar-refractivity contribution in [2.24, 2.45) is 0 Å². The van der Waals surface area contributed by atoms with Crippen LogP contribution in [0.3, 0.4) is 0 Å². The van der Waals surface area contributed by atoms with Gasteiger partial charge < -0.3 is 19.7 Å². The first-order chi connectivity index (χ1) is 10.2. The van der Waals surface area contributed by atoms with Crippen molar-refractivity contribution in [2.75, 3.05) is 37.0 Å². The molecule has 2 rings (SSSR count). The molecule has 1 aliphatic rings. The highest BCUT2D eigenvalue weighted by atomic mass is 16.5. The second-order valence-electron chi connectivity index (χ2n) is 5.35. The van der Waals surface area contributed by atoms with E-state index in [9.17, 15) is 0 Å². The molecule has 0 saturated carbocycles. The quantitative estimate of drug-likeness (QED) is 0.866. The summed E-state index contributed by atoms with van der Waals surface area (Å²) in [6.07, 6.45) is 1.25. The summed E-state index contributed by atoms with van der Waals surface area (Å²) in [6.45, 7) is 9.19. The van der Waals surface area contributed by atoms with E-state index in [1.54, 1.807) is 7.11 Å². The van der Waals surface area contributed by atoms with Gasteiger partial charge in [0.05, 0.1) is 18.8 Å². The van der Waals surface area contributed by atoms with E-state index in [2.05, 4.69) is 41.0 Å². The first kappa shape index (κ1) is 16.0. The maximum Gasteiger partial charge on any atom is 0.158 e. The second kappa shape index (κ2) is 7.56.